The highest BCUT2D eigenvalue weighted by Gasteiger charge is 2.27. The number of urea groups is 1. The molecule has 25 heavy (non-hydrogen) atoms. The van der Waals surface area contributed by atoms with Crippen molar-refractivity contribution in [2.45, 2.75) is 6.42 Å². The van der Waals surface area contributed by atoms with Crippen molar-refractivity contribution in [1.29, 1.82) is 0 Å². The first-order chi connectivity index (χ1) is 12.1. The fourth-order valence-electron chi connectivity index (χ4n) is 2.68. The monoisotopic (exact) mass is 338 g/mol. The number of ether oxygens (including phenoxy) is 1. The lowest BCUT2D eigenvalue weighted by Crippen LogP contribution is -2.37. The molecule has 0 spiro atoms. The lowest BCUT2D eigenvalue weighted by Gasteiger charge is -2.13. The molecule has 3 rings (SSSR count). The van der Waals surface area contributed by atoms with E-state index in [1.807, 2.05) is 42.5 Å². The lowest BCUT2D eigenvalue weighted by atomic mass is 10.00. The third kappa shape index (κ3) is 4.03. The van der Waals surface area contributed by atoms with Crippen LogP contribution in [0.4, 0.5) is 4.79 Å². The maximum Gasteiger partial charge on any atom is 0.338 e. The zero-order valence-corrected chi connectivity index (χ0v) is 13.6. The van der Waals surface area contributed by atoms with Gasteiger partial charge in [0.05, 0.1) is 5.56 Å². The van der Waals surface area contributed by atoms with Crippen LogP contribution in [0.5, 0.6) is 0 Å². The number of hydrogen-bond acceptors (Lipinski definition) is 4. The number of rotatable bonds is 5. The summed E-state index contributed by atoms with van der Waals surface area (Å²) in [5.41, 5.74) is 2.32. The van der Waals surface area contributed by atoms with Crippen LogP contribution >= 0.6 is 0 Å². The maximum atomic E-state index is 12.4. The van der Waals surface area contributed by atoms with E-state index in [2.05, 4.69) is 5.32 Å². The minimum Gasteiger partial charge on any atom is -0.452 e. The SMILES string of the molecule is O=C(OCC(=O)N1CCNC1=O)c1ccccc1Cc1ccccc1. The fourth-order valence-corrected chi connectivity index (χ4v) is 2.68. The third-order valence-corrected chi connectivity index (χ3v) is 3.96. The minimum absolute atomic E-state index is 0.291. The van der Waals surface area contributed by atoms with Crippen molar-refractivity contribution in [2.75, 3.05) is 19.7 Å². The van der Waals surface area contributed by atoms with Crippen LogP contribution in [0.2, 0.25) is 0 Å². The molecule has 1 saturated heterocycles. The van der Waals surface area contributed by atoms with Gasteiger partial charge in [-0.2, -0.15) is 0 Å². The van der Waals surface area contributed by atoms with E-state index in [0.717, 1.165) is 16.0 Å². The van der Waals surface area contributed by atoms with Crippen LogP contribution < -0.4 is 5.32 Å². The largest absolute Gasteiger partial charge is 0.452 e. The zero-order valence-electron chi connectivity index (χ0n) is 13.6. The zero-order chi connectivity index (χ0) is 17.6. The Morgan fingerprint density at radius 3 is 2.48 bits per heavy atom. The molecule has 0 aromatic heterocycles. The molecule has 6 nitrogen and oxygen atoms in total. The quantitative estimate of drug-likeness (QED) is 0.846. The Morgan fingerprint density at radius 1 is 1.04 bits per heavy atom. The summed E-state index contributed by atoms with van der Waals surface area (Å²) in [6.07, 6.45) is 0.592. The van der Waals surface area contributed by atoms with Gasteiger partial charge in [0.1, 0.15) is 0 Å². The molecule has 128 valence electrons. The van der Waals surface area contributed by atoms with Crippen LogP contribution in [0, 0.1) is 0 Å². The van der Waals surface area contributed by atoms with Crippen molar-refractivity contribution in [2.24, 2.45) is 0 Å². The molecule has 1 heterocycles. The van der Waals surface area contributed by atoms with E-state index >= 15 is 0 Å². The number of carbonyl (C=O) groups excluding carboxylic acids is 3. The minimum atomic E-state index is -0.570. The summed E-state index contributed by atoms with van der Waals surface area (Å²) in [5.74, 6) is -1.09. The number of benzene rings is 2. The summed E-state index contributed by atoms with van der Waals surface area (Å²) < 4.78 is 5.12. The molecule has 0 atom stereocenters. The van der Waals surface area contributed by atoms with Gasteiger partial charge in [-0.05, 0) is 23.6 Å². The molecule has 0 unspecified atom stereocenters. The molecule has 1 N–H and O–H groups in total. The molecule has 2 aromatic carbocycles. The van der Waals surface area contributed by atoms with Crippen LogP contribution in [0.25, 0.3) is 0 Å². The summed E-state index contributed by atoms with van der Waals surface area (Å²) in [4.78, 5) is 36.8. The molecule has 6 heteroatoms. The Hall–Kier alpha value is -3.15. The van der Waals surface area contributed by atoms with E-state index in [1.54, 1.807) is 12.1 Å². The van der Waals surface area contributed by atoms with Gasteiger partial charge < -0.3 is 10.1 Å². The fraction of sp³-hybridized carbons (Fsp3) is 0.211. The van der Waals surface area contributed by atoms with E-state index in [1.165, 1.54) is 0 Å². The van der Waals surface area contributed by atoms with Crippen LogP contribution in [-0.4, -0.2) is 42.5 Å². The number of imide groups is 1. The molecule has 1 aliphatic rings. The molecule has 3 amide bonds. The number of amides is 3. The van der Waals surface area contributed by atoms with Gasteiger partial charge in [0.15, 0.2) is 6.61 Å². The van der Waals surface area contributed by atoms with Crippen molar-refractivity contribution in [3.05, 3.63) is 71.3 Å². The van der Waals surface area contributed by atoms with Crippen molar-refractivity contribution in [3.63, 3.8) is 0 Å². The Morgan fingerprint density at radius 2 is 1.76 bits per heavy atom. The Kier molecular flexibility index (Phi) is 5.09. The molecule has 0 aliphatic carbocycles. The second-order valence-electron chi connectivity index (χ2n) is 5.67. The normalized spacial score (nSPS) is 13.4. The van der Waals surface area contributed by atoms with E-state index in [-0.39, 0.29) is 0 Å². The predicted molar refractivity (Wildman–Crippen MR) is 91.1 cm³/mol. The molecular formula is C19H18N2O4. The summed E-state index contributed by atoms with van der Waals surface area (Å²) >= 11 is 0. The van der Waals surface area contributed by atoms with Gasteiger partial charge in [-0.1, -0.05) is 48.5 Å². The maximum absolute atomic E-state index is 12.4. The molecule has 0 radical (unpaired) electrons. The second-order valence-corrected chi connectivity index (χ2v) is 5.67. The highest BCUT2D eigenvalue weighted by molar-refractivity contribution is 5.98. The van der Waals surface area contributed by atoms with E-state index in [4.69, 9.17) is 4.74 Å². The molecule has 0 bridgehead atoms. The number of esters is 1. The van der Waals surface area contributed by atoms with Gasteiger partial charge in [0.2, 0.25) is 0 Å². The highest BCUT2D eigenvalue weighted by Crippen LogP contribution is 2.15. The predicted octanol–water partition coefficient (Wildman–Crippen LogP) is 1.99. The summed E-state index contributed by atoms with van der Waals surface area (Å²) in [6, 6.07) is 16.5. The van der Waals surface area contributed by atoms with E-state index in [9.17, 15) is 14.4 Å². The topological polar surface area (TPSA) is 75.7 Å². The van der Waals surface area contributed by atoms with Crippen molar-refractivity contribution >= 4 is 17.9 Å². The summed E-state index contributed by atoms with van der Waals surface area (Å²) in [7, 11) is 0. The smallest absolute Gasteiger partial charge is 0.338 e. The van der Waals surface area contributed by atoms with Crippen LogP contribution in [0.1, 0.15) is 21.5 Å². The first-order valence-electron chi connectivity index (χ1n) is 8.02. The van der Waals surface area contributed by atoms with E-state index < -0.39 is 24.5 Å². The molecule has 1 fully saturated rings. The molecule has 1 aliphatic heterocycles. The average molecular weight is 338 g/mol. The van der Waals surface area contributed by atoms with Crippen LogP contribution in [0.3, 0.4) is 0 Å². The van der Waals surface area contributed by atoms with Gasteiger partial charge in [0, 0.05) is 13.1 Å². The van der Waals surface area contributed by atoms with Gasteiger partial charge in [-0.15, -0.1) is 0 Å². The summed E-state index contributed by atoms with van der Waals surface area (Å²) in [6.45, 7) is 0.254. The first kappa shape index (κ1) is 16.7. The van der Waals surface area contributed by atoms with Crippen molar-refractivity contribution in [3.8, 4) is 0 Å². The van der Waals surface area contributed by atoms with Gasteiger partial charge in [-0.25, -0.2) is 9.59 Å². The second kappa shape index (κ2) is 7.61. The van der Waals surface area contributed by atoms with Crippen molar-refractivity contribution < 1.29 is 19.1 Å². The van der Waals surface area contributed by atoms with Gasteiger partial charge in [0.25, 0.3) is 5.91 Å². The number of carbonyl (C=O) groups is 3. The van der Waals surface area contributed by atoms with E-state index in [0.29, 0.717) is 25.1 Å². The Bertz CT molecular complexity index is 789. The number of hydrogen-bond donors (Lipinski definition) is 1. The molecule has 0 saturated carbocycles. The number of nitrogens with zero attached hydrogens (tertiary/aromatic N) is 1. The molecular weight excluding hydrogens is 320 g/mol. The van der Waals surface area contributed by atoms with Gasteiger partial charge >= 0.3 is 12.0 Å². The lowest BCUT2D eigenvalue weighted by molar-refractivity contribution is -0.130. The van der Waals surface area contributed by atoms with Gasteiger partial charge in [-0.3, -0.25) is 9.69 Å². The standard InChI is InChI=1S/C19H18N2O4/c22-17(21-11-10-20-19(21)24)13-25-18(23)16-9-5-4-8-15(16)12-14-6-2-1-3-7-14/h1-9H,10-13H2,(H,20,24). The Balaban J connectivity index is 1.66. The highest BCUT2D eigenvalue weighted by atomic mass is 16.5. The van der Waals surface area contributed by atoms with Crippen LogP contribution in [-0.2, 0) is 16.0 Å². The first-order valence-corrected chi connectivity index (χ1v) is 8.02. The third-order valence-electron chi connectivity index (χ3n) is 3.96. The average Bonchev–Trinajstić information content (AvgIpc) is 3.07. The number of nitrogens with one attached hydrogen (secondary N) is 1. The Labute approximate surface area is 145 Å². The molecule has 2 aromatic rings. The van der Waals surface area contributed by atoms with Crippen LogP contribution in [0.15, 0.2) is 54.6 Å². The summed E-state index contributed by atoms with van der Waals surface area (Å²) in [5, 5.41) is 2.53. The van der Waals surface area contributed by atoms with Crippen molar-refractivity contribution in [1.82, 2.24) is 10.2 Å².